The molecule has 0 aliphatic carbocycles. The van der Waals surface area contributed by atoms with Crippen LogP contribution in [0, 0.1) is 0 Å². The van der Waals surface area contributed by atoms with Gasteiger partial charge in [0.15, 0.2) is 0 Å². The van der Waals surface area contributed by atoms with E-state index < -0.39 is 0 Å². The summed E-state index contributed by atoms with van der Waals surface area (Å²) in [4.78, 5) is 2.30. The van der Waals surface area contributed by atoms with E-state index in [0.717, 1.165) is 31.9 Å². The van der Waals surface area contributed by atoms with Crippen LogP contribution >= 0.6 is 23.2 Å². The van der Waals surface area contributed by atoms with Crippen LogP contribution in [-0.2, 0) is 4.74 Å². The van der Waals surface area contributed by atoms with Crippen LogP contribution in [0.2, 0.25) is 10.0 Å². The molecule has 0 bridgehead atoms. The number of hydrogen-bond acceptors (Lipinski definition) is 3. The first-order chi connectivity index (χ1) is 8.22. The Balaban J connectivity index is 2.21. The second kappa shape index (κ2) is 6.03. The highest BCUT2D eigenvalue weighted by atomic mass is 35.5. The molecule has 1 aromatic rings. The summed E-state index contributed by atoms with van der Waals surface area (Å²) in [6.45, 7) is 3.83. The standard InChI is InChI=1S/C12H16Cl2N2O/c13-9-1-2-10(11(14)7-9)12(8-15)16-3-5-17-6-4-16/h1-2,7,12H,3-6,8,15H2/t12-/m0/s1. The number of benzene rings is 1. The lowest BCUT2D eigenvalue weighted by Gasteiger charge is -2.34. The number of nitrogens with two attached hydrogens (primary N) is 1. The van der Waals surface area contributed by atoms with Gasteiger partial charge in [-0.1, -0.05) is 29.3 Å². The minimum absolute atomic E-state index is 0.142. The molecule has 2 N–H and O–H groups in total. The van der Waals surface area contributed by atoms with Gasteiger partial charge in [0.1, 0.15) is 0 Å². The highest BCUT2D eigenvalue weighted by Crippen LogP contribution is 2.29. The molecule has 3 nitrogen and oxygen atoms in total. The van der Waals surface area contributed by atoms with Crippen molar-refractivity contribution in [3.8, 4) is 0 Å². The van der Waals surface area contributed by atoms with Crippen molar-refractivity contribution >= 4 is 23.2 Å². The molecule has 1 heterocycles. The minimum atomic E-state index is 0.142. The zero-order chi connectivity index (χ0) is 12.3. The average Bonchev–Trinajstić information content (AvgIpc) is 2.34. The summed E-state index contributed by atoms with van der Waals surface area (Å²) in [6, 6.07) is 5.72. The lowest BCUT2D eigenvalue weighted by atomic mass is 10.0. The maximum absolute atomic E-state index is 6.22. The largest absolute Gasteiger partial charge is 0.379 e. The van der Waals surface area contributed by atoms with E-state index in [2.05, 4.69) is 4.90 Å². The molecule has 5 heteroatoms. The highest BCUT2D eigenvalue weighted by Gasteiger charge is 2.23. The van der Waals surface area contributed by atoms with Crippen molar-refractivity contribution in [3.63, 3.8) is 0 Å². The molecule has 94 valence electrons. The van der Waals surface area contributed by atoms with Crippen molar-refractivity contribution in [1.82, 2.24) is 4.90 Å². The van der Waals surface area contributed by atoms with Crippen LogP contribution in [0.4, 0.5) is 0 Å². The molecule has 17 heavy (non-hydrogen) atoms. The number of ether oxygens (including phenoxy) is 1. The van der Waals surface area contributed by atoms with Crippen molar-refractivity contribution in [1.29, 1.82) is 0 Å². The Morgan fingerprint density at radius 2 is 2.00 bits per heavy atom. The smallest absolute Gasteiger partial charge is 0.0594 e. The molecule has 1 aliphatic rings. The van der Waals surface area contributed by atoms with Crippen molar-refractivity contribution < 1.29 is 4.74 Å². The van der Waals surface area contributed by atoms with Gasteiger partial charge in [-0.3, -0.25) is 4.90 Å². The van der Waals surface area contributed by atoms with Gasteiger partial charge in [0.25, 0.3) is 0 Å². The van der Waals surface area contributed by atoms with Gasteiger partial charge in [-0.05, 0) is 17.7 Å². The normalized spacial score (nSPS) is 19.2. The van der Waals surface area contributed by atoms with Gasteiger partial charge in [-0.2, -0.15) is 0 Å². The van der Waals surface area contributed by atoms with Gasteiger partial charge >= 0.3 is 0 Å². The molecule has 0 saturated carbocycles. The number of morpholine rings is 1. The molecule has 1 fully saturated rings. The number of halogens is 2. The molecular weight excluding hydrogens is 259 g/mol. The Morgan fingerprint density at radius 3 is 2.59 bits per heavy atom. The minimum Gasteiger partial charge on any atom is -0.379 e. The Kier molecular flexibility index (Phi) is 4.65. The summed E-state index contributed by atoms with van der Waals surface area (Å²) < 4.78 is 5.34. The first-order valence-corrected chi connectivity index (χ1v) is 6.45. The van der Waals surface area contributed by atoms with Crippen LogP contribution in [0.5, 0.6) is 0 Å². The molecule has 2 rings (SSSR count). The van der Waals surface area contributed by atoms with Crippen LogP contribution < -0.4 is 5.73 Å². The fourth-order valence-electron chi connectivity index (χ4n) is 2.13. The molecule has 0 radical (unpaired) electrons. The fraction of sp³-hybridized carbons (Fsp3) is 0.500. The van der Waals surface area contributed by atoms with Gasteiger partial charge in [-0.15, -0.1) is 0 Å². The van der Waals surface area contributed by atoms with Gasteiger partial charge in [0.05, 0.1) is 13.2 Å². The monoisotopic (exact) mass is 274 g/mol. The zero-order valence-electron chi connectivity index (χ0n) is 9.53. The molecule has 0 spiro atoms. The predicted molar refractivity (Wildman–Crippen MR) is 70.6 cm³/mol. The van der Waals surface area contributed by atoms with E-state index in [9.17, 15) is 0 Å². The first-order valence-electron chi connectivity index (χ1n) is 5.69. The maximum Gasteiger partial charge on any atom is 0.0594 e. The Morgan fingerprint density at radius 1 is 1.29 bits per heavy atom. The molecular formula is C12H16Cl2N2O. The molecule has 1 atom stereocenters. The van der Waals surface area contributed by atoms with Crippen molar-refractivity contribution in [2.45, 2.75) is 6.04 Å². The quantitative estimate of drug-likeness (QED) is 0.920. The van der Waals surface area contributed by atoms with Crippen molar-refractivity contribution in [3.05, 3.63) is 33.8 Å². The van der Waals surface area contributed by atoms with E-state index in [1.165, 1.54) is 0 Å². The predicted octanol–water partition coefficient (Wildman–Crippen LogP) is 2.33. The molecule has 1 aromatic carbocycles. The van der Waals surface area contributed by atoms with Crippen LogP contribution in [0.15, 0.2) is 18.2 Å². The topological polar surface area (TPSA) is 38.5 Å². The van der Waals surface area contributed by atoms with Crippen molar-refractivity contribution in [2.75, 3.05) is 32.8 Å². The van der Waals surface area contributed by atoms with Crippen LogP contribution in [0.25, 0.3) is 0 Å². The number of nitrogens with zero attached hydrogens (tertiary/aromatic N) is 1. The SMILES string of the molecule is NC[C@@H](c1ccc(Cl)cc1Cl)N1CCOCC1. The Bertz CT molecular complexity index is 381. The molecule has 1 aliphatic heterocycles. The van der Waals surface area contributed by atoms with Crippen LogP contribution in [0.1, 0.15) is 11.6 Å². The van der Waals surface area contributed by atoms with Gasteiger partial charge in [0, 0.05) is 35.7 Å². The summed E-state index contributed by atoms with van der Waals surface area (Å²) >= 11 is 12.1. The second-order valence-electron chi connectivity index (χ2n) is 4.07. The van der Waals surface area contributed by atoms with Crippen LogP contribution in [0.3, 0.4) is 0 Å². The summed E-state index contributed by atoms with van der Waals surface area (Å²) in [5.41, 5.74) is 6.91. The van der Waals surface area contributed by atoms with E-state index in [-0.39, 0.29) is 6.04 Å². The maximum atomic E-state index is 6.22. The molecule has 1 saturated heterocycles. The Labute approximate surface area is 111 Å². The third kappa shape index (κ3) is 3.12. The van der Waals surface area contributed by atoms with E-state index in [0.29, 0.717) is 16.6 Å². The summed E-state index contributed by atoms with van der Waals surface area (Å²) in [5, 5.41) is 1.33. The van der Waals surface area contributed by atoms with E-state index in [4.69, 9.17) is 33.7 Å². The first kappa shape index (κ1) is 13.1. The lowest BCUT2D eigenvalue weighted by molar-refractivity contribution is 0.0179. The summed E-state index contributed by atoms with van der Waals surface area (Å²) in [7, 11) is 0. The second-order valence-corrected chi connectivity index (χ2v) is 4.91. The molecule has 0 aromatic heterocycles. The third-order valence-electron chi connectivity index (χ3n) is 3.03. The third-order valence-corrected chi connectivity index (χ3v) is 3.59. The fourth-order valence-corrected chi connectivity index (χ4v) is 2.67. The zero-order valence-corrected chi connectivity index (χ0v) is 11.0. The summed E-state index contributed by atoms with van der Waals surface area (Å²) in [6.07, 6.45) is 0. The summed E-state index contributed by atoms with van der Waals surface area (Å²) in [5.74, 6) is 0. The highest BCUT2D eigenvalue weighted by molar-refractivity contribution is 6.35. The van der Waals surface area contributed by atoms with Gasteiger partial charge < -0.3 is 10.5 Å². The van der Waals surface area contributed by atoms with Gasteiger partial charge in [-0.25, -0.2) is 0 Å². The van der Waals surface area contributed by atoms with Crippen LogP contribution in [-0.4, -0.2) is 37.7 Å². The average molecular weight is 275 g/mol. The van der Waals surface area contributed by atoms with E-state index >= 15 is 0 Å². The molecule has 0 unspecified atom stereocenters. The Hall–Kier alpha value is -0.320. The van der Waals surface area contributed by atoms with Gasteiger partial charge in [0.2, 0.25) is 0 Å². The lowest BCUT2D eigenvalue weighted by Crippen LogP contribution is -2.41. The van der Waals surface area contributed by atoms with E-state index in [1.807, 2.05) is 12.1 Å². The van der Waals surface area contributed by atoms with Crippen molar-refractivity contribution in [2.24, 2.45) is 5.73 Å². The molecule has 0 amide bonds. The number of rotatable bonds is 3. The number of hydrogen-bond donors (Lipinski definition) is 1. The van der Waals surface area contributed by atoms with E-state index in [1.54, 1.807) is 6.07 Å².